The van der Waals surface area contributed by atoms with Crippen molar-refractivity contribution in [1.29, 1.82) is 5.41 Å². The number of rotatable bonds is 3. The number of aliphatic imine (C=N–C) groups is 1. The first-order valence-corrected chi connectivity index (χ1v) is 3.85. The van der Waals surface area contributed by atoms with Crippen LogP contribution >= 0.6 is 0 Å². The summed E-state index contributed by atoms with van der Waals surface area (Å²) in [6, 6.07) is -0.124. The van der Waals surface area contributed by atoms with Gasteiger partial charge >= 0.3 is 0 Å². The molecule has 1 aromatic heterocycles. The minimum Gasteiger partial charge on any atom is -0.323 e. The van der Waals surface area contributed by atoms with E-state index in [1.54, 1.807) is 6.21 Å². The van der Waals surface area contributed by atoms with Crippen molar-refractivity contribution in [3.63, 3.8) is 0 Å². The Morgan fingerprint density at radius 3 is 2.85 bits per heavy atom. The lowest BCUT2D eigenvalue weighted by Gasteiger charge is -1.97. The van der Waals surface area contributed by atoms with Gasteiger partial charge in [-0.15, -0.1) is 0 Å². The predicted octanol–water partition coefficient (Wildman–Crippen LogP) is 0.524. The topological polar surface area (TPSA) is 88.0 Å². The number of nitrogens with two attached hydrogens (primary N) is 1. The van der Waals surface area contributed by atoms with E-state index in [0.717, 1.165) is 6.21 Å². The van der Waals surface area contributed by atoms with Crippen molar-refractivity contribution in [1.82, 2.24) is 9.97 Å². The highest BCUT2D eigenvalue weighted by Gasteiger charge is 1.98. The molecule has 1 atom stereocenters. The normalized spacial score (nSPS) is 13.1. The van der Waals surface area contributed by atoms with E-state index in [1.807, 2.05) is 6.92 Å². The van der Waals surface area contributed by atoms with Gasteiger partial charge in [0.05, 0.1) is 0 Å². The fourth-order valence-electron chi connectivity index (χ4n) is 0.731. The van der Waals surface area contributed by atoms with E-state index in [-0.39, 0.29) is 6.04 Å². The molecule has 3 N–H and O–H groups in total. The fourth-order valence-corrected chi connectivity index (χ4v) is 0.731. The van der Waals surface area contributed by atoms with E-state index in [0.29, 0.717) is 11.5 Å². The first-order chi connectivity index (χ1) is 6.24. The molecule has 5 nitrogen and oxygen atoms in total. The summed E-state index contributed by atoms with van der Waals surface area (Å²) in [7, 11) is 0. The molecule has 0 saturated carbocycles. The van der Waals surface area contributed by atoms with Crippen LogP contribution in [-0.2, 0) is 0 Å². The van der Waals surface area contributed by atoms with E-state index in [2.05, 4.69) is 15.0 Å². The molecular weight excluding hydrogens is 166 g/mol. The van der Waals surface area contributed by atoms with Gasteiger partial charge in [0.2, 0.25) is 0 Å². The highest BCUT2D eigenvalue weighted by atomic mass is 14.9. The van der Waals surface area contributed by atoms with Crippen LogP contribution in [0, 0.1) is 5.41 Å². The molecule has 0 saturated heterocycles. The molecule has 0 fully saturated rings. The van der Waals surface area contributed by atoms with Gasteiger partial charge in [-0.1, -0.05) is 0 Å². The quantitative estimate of drug-likeness (QED) is 0.660. The maximum absolute atomic E-state index is 7.04. The molecule has 0 aromatic carbocycles. The van der Waals surface area contributed by atoms with Crippen LogP contribution in [-0.4, -0.2) is 28.4 Å². The molecule has 1 unspecified atom stereocenters. The Morgan fingerprint density at radius 2 is 2.23 bits per heavy atom. The summed E-state index contributed by atoms with van der Waals surface area (Å²) in [4.78, 5) is 11.9. The van der Waals surface area contributed by atoms with Crippen molar-refractivity contribution in [3.05, 3.63) is 18.1 Å². The van der Waals surface area contributed by atoms with Crippen molar-refractivity contribution in [2.24, 2.45) is 10.7 Å². The first-order valence-electron chi connectivity index (χ1n) is 3.85. The third-order valence-corrected chi connectivity index (χ3v) is 1.27. The van der Waals surface area contributed by atoms with Gasteiger partial charge in [0.1, 0.15) is 5.69 Å². The zero-order chi connectivity index (χ0) is 9.68. The molecule has 0 bridgehead atoms. The van der Waals surface area contributed by atoms with Crippen molar-refractivity contribution >= 4 is 18.2 Å². The Kier molecular flexibility index (Phi) is 3.22. The molecular formula is C8H11N5. The Bertz CT molecular complexity index is 318. The molecule has 0 aliphatic rings. The maximum atomic E-state index is 7.04. The molecule has 0 amide bonds. The van der Waals surface area contributed by atoms with E-state index in [1.165, 1.54) is 12.4 Å². The zero-order valence-electron chi connectivity index (χ0n) is 7.31. The summed E-state index contributed by atoms with van der Waals surface area (Å²) >= 11 is 0. The third-order valence-electron chi connectivity index (χ3n) is 1.27. The van der Waals surface area contributed by atoms with Crippen LogP contribution < -0.4 is 5.73 Å². The molecule has 0 spiro atoms. The second-order valence-electron chi connectivity index (χ2n) is 2.55. The Hall–Kier alpha value is -1.62. The number of aromatic nitrogens is 2. The summed E-state index contributed by atoms with van der Waals surface area (Å²) in [5.41, 5.74) is 5.92. The Labute approximate surface area is 76.3 Å². The molecule has 0 aliphatic carbocycles. The lowest BCUT2D eigenvalue weighted by molar-refractivity contribution is 0.992. The van der Waals surface area contributed by atoms with E-state index in [9.17, 15) is 0 Å². The first kappa shape index (κ1) is 9.47. The van der Waals surface area contributed by atoms with E-state index >= 15 is 0 Å². The Balaban J connectivity index is 2.93. The van der Waals surface area contributed by atoms with Crippen molar-refractivity contribution in [2.45, 2.75) is 13.0 Å². The lowest BCUT2D eigenvalue weighted by Crippen LogP contribution is -2.15. The van der Waals surface area contributed by atoms with E-state index < -0.39 is 0 Å². The number of nitrogens with zero attached hydrogens (tertiary/aromatic N) is 3. The molecule has 68 valence electrons. The van der Waals surface area contributed by atoms with Crippen LogP contribution in [0.4, 0.5) is 5.82 Å². The van der Waals surface area contributed by atoms with Crippen molar-refractivity contribution in [2.75, 3.05) is 0 Å². The van der Waals surface area contributed by atoms with Gasteiger partial charge in [-0.3, -0.25) is 0 Å². The Morgan fingerprint density at radius 1 is 1.54 bits per heavy atom. The van der Waals surface area contributed by atoms with Gasteiger partial charge in [-0.05, 0) is 6.92 Å². The van der Waals surface area contributed by atoms with Crippen LogP contribution in [0.25, 0.3) is 0 Å². The number of nitrogens with one attached hydrogen (secondary N) is 1. The van der Waals surface area contributed by atoms with Crippen LogP contribution in [0.1, 0.15) is 12.6 Å². The smallest absolute Gasteiger partial charge is 0.179 e. The summed E-state index contributed by atoms with van der Waals surface area (Å²) in [5, 5.41) is 7.04. The monoisotopic (exact) mass is 177 g/mol. The van der Waals surface area contributed by atoms with Crippen molar-refractivity contribution in [3.8, 4) is 0 Å². The largest absolute Gasteiger partial charge is 0.323 e. The minimum absolute atomic E-state index is 0.124. The molecule has 0 radical (unpaired) electrons. The minimum atomic E-state index is -0.124. The second-order valence-corrected chi connectivity index (χ2v) is 2.55. The predicted molar refractivity (Wildman–Crippen MR) is 51.7 cm³/mol. The van der Waals surface area contributed by atoms with Gasteiger partial charge in [-0.2, -0.15) is 0 Å². The molecule has 0 aliphatic heterocycles. The molecule has 13 heavy (non-hydrogen) atoms. The number of hydrogen-bond acceptors (Lipinski definition) is 5. The molecule has 1 aromatic rings. The van der Waals surface area contributed by atoms with Gasteiger partial charge in [0.25, 0.3) is 0 Å². The van der Waals surface area contributed by atoms with Gasteiger partial charge < -0.3 is 11.1 Å². The highest BCUT2D eigenvalue weighted by Crippen LogP contribution is 2.08. The molecule has 5 heteroatoms. The maximum Gasteiger partial charge on any atom is 0.179 e. The third kappa shape index (κ3) is 2.72. The fraction of sp³-hybridized carbons (Fsp3) is 0.250. The van der Waals surface area contributed by atoms with Gasteiger partial charge in [-0.25, -0.2) is 15.0 Å². The van der Waals surface area contributed by atoms with Gasteiger partial charge in [0.15, 0.2) is 5.82 Å². The van der Waals surface area contributed by atoms with Crippen molar-refractivity contribution < 1.29 is 0 Å². The van der Waals surface area contributed by atoms with E-state index in [4.69, 9.17) is 11.1 Å². The van der Waals surface area contributed by atoms with Crippen LogP contribution in [0.5, 0.6) is 0 Å². The molecule has 1 rings (SSSR count). The molecule has 1 heterocycles. The van der Waals surface area contributed by atoms with Crippen LogP contribution in [0.3, 0.4) is 0 Å². The SMILES string of the molecule is CC(N)/C=N\c1nccnc1C=N. The van der Waals surface area contributed by atoms with Gasteiger partial charge in [0, 0.05) is 30.9 Å². The average molecular weight is 177 g/mol. The van der Waals surface area contributed by atoms with Crippen LogP contribution in [0.15, 0.2) is 17.4 Å². The summed E-state index contributed by atoms with van der Waals surface area (Å²) in [5.74, 6) is 0.426. The summed E-state index contributed by atoms with van der Waals surface area (Å²) in [6.45, 7) is 1.81. The average Bonchev–Trinajstić information content (AvgIpc) is 2.15. The second kappa shape index (κ2) is 4.42. The highest BCUT2D eigenvalue weighted by molar-refractivity contribution is 5.81. The standard InChI is InChI=1S/C8H11N5/c1-6(10)5-13-8-7(4-9)11-2-3-12-8/h2-6,9H,10H2,1H3/b9-4?,13-5-. The lowest BCUT2D eigenvalue weighted by atomic mass is 10.4. The summed E-state index contributed by atoms with van der Waals surface area (Å²) in [6.07, 6.45) is 5.73. The number of hydrogen-bond donors (Lipinski definition) is 2. The van der Waals surface area contributed by atoms with Crippen LogP contribution in [0.2, 0.25) is 0 Å². The summed E-state index contributed by atoms with van der Waals surface area (Å²) < 4.78 is 0. The zero-order valence-corrected chi connectivity index (χ0v) is 7.31.